The summed E-state index contributed by atoms with van der Waals surface area (Å²) >= 11 is 0. The SMILES string of the molecule is CCOC(CCN1CCC(N2CCC(N)CC2)C1)OCC. The molecule has 0 bridgehead atoms. The first-order valence-electron chi connectivity index (χ1n) is 8.68. The van der Waals surface area contributed by atoms with E-state index in [4.69, 9.17) is 15.2 Å². The Labute approximate surface area is 129 Å². The molecule has 2 rings (SSSR count). The minimum Gasteiger partial charge on any atom is -0.353 e. The van der Waals surface area contributed by atoms with Crippen LogP contribution >= 0.6 is 0 Å². The van der Waals surface area contributed by atoms with Gasteiger partial charge in [0.25, 0.3) is 0 Å². The molecule has 124 valence electrons. The molecule has 2 aliphatic rings. The molecule has 2 N–H and O–H groups in total. The van der Waals surface area contributed by atoms with Crippen LogP contribution < -0.4 is 5.73 Å². The van der Waals surface area contributed by atoms with Gasteiger partial charge in [0.1, 0.15) is 0 Å². The van der Waals surface area contributed by atoms with Gasteiger partial charge in [-0.2, -0.15) is 0 Å². The van der Waals surface area contributed by atoms with E-state index in [0.717, 1.165) is 45.1 Å². The number of hydrogen-bond donors (Lipinski definition) is 1. The zero-order chi connectivity index (χ0) is 15.1. The summed E-state index contributed by atoms with van der Waals surface area (Å²) in [5, 5.41) is 0. The Balaban J connectivity index is 1.67. The van der Waals surface area contributed by atoms with Gasteiger partial charge in [-0.15, -0.1) is 0 Å². The zero-order valence-corrected chi connectivity index (χ0v) is 13.8. The van der Waals surface area contributed by atoms with Crippen molar-refractivity contribution < 1.29 is 9.47 Å². The third kappa shape index (κ3) is 5.49. The van der Waals surface area contributed by atoms with Crippen molar-refractivity contribution in [1.29, 1.82) is 0 Å². The van der Waals surface area contributed by atoms with Crippen molar-refractivity contribution in [3.63, 3.8) is 0 Å². The second-order valence-electron chi connectivity index (χ2n) is 6.25. The molecule has 2 fully saturated rings. The Bertz CT molecular complexity index is 277. The van der Waals surface area contributed by atoms with Crippen molar-refractivity contribution in [3.8, 4) is 0 Å². The zero-order valence-electron chi connectivity index (χ0n) is 13.8. The molecule has 5 nitrogen and oxygen atoms in total. The molecule has 1 atom stereocenters. The van der Waals surface area contributed by atoms with Crippen LogP contribution in [0.25, 0.3) is 0 Å². The lowest BCUT2D eigenvalue weighted by atomic mass is 10.0. The van der Waals surface area contributed by atoms with Crippen molar-refractivity contribution in [2.75, 3.05) is 45.9 Å². The van der Waals surface area contributed by atoms with Gasteiger partial charge in [0.2, 0.25) is 0 Å². The van der Waals surface area contributed by atoms with Gasteiger partial charge in [-0.25, -0.2) is 0 Å². The van der Waals surface area contributed by atoms with E-state index in [-0.39, 0.29) is 6.29 Å². The molecule has 0 spiro atoms. The van der Waals surface area contributed by atoms with Crippen LogP contribution in [0.5, 0.6) is 0 Å². The number of ether oxygens (including phenoxy) is 2. The van der Waals surface area contributed by atoms with Gasteiger partial charge in [-0.3, -0.25) is 4.90 Å². The van der Waals surface area contributed by atoms with Crippen molar-refractivity contribution in [3.05, 3.63) is 0 Å². The van der Waals surface area contributed by atoms with E-state index >= 15 is 0 Å². The van der Waals surface area contributed by atoms with Crippen molar-refractivity contribution >= 4 is 0 Å². The van der Waals surface area contributed by atoms with Gasteiger partial charge in [0.05, 0.1) is 0 Å². The van der Waals surface area contributed by atoms with E-state index in [2.05, 4.69) is 9.80 Å². The molecule has 0 amide bonds. The topological polar surface area (TPSA) is 51.0 Å². The van der Waals surface area contributed by atoms with Gasteiger partial charge in [-0.05, 0) is 52.7 Å². The normalized spacial score (nSPS) is 26.0. The van der Waals surface area contributed by atoms with Gasteiger partial charge >= 0.3 is 0 Å². The highest BCUT2D eigenvalue weighted by Gasteiger charge is 2.29. The Morgan fingerprint density at radius 3 is 2.33 bits per heavy atom. The summed E-state index contributed by atoms with van der Waals surface area (Å²) in [6.45, 7) is 11.3. The first-order valence-corrected chi connectivity index (χ1v) is 8.68. The van der Waals surface area contributed by atoms with Crippen molar-refractivity contribution in [2.24, 2.45) is 5.73 Å². The summed E-state index contributed by atoms with van der Waals surface area (Å²) in [5.74, 6) is 0. The third-order valence-electron chi connectivity index (χ3n) is 4.72. The summed E-state index contributed by atoms with van der Waals surface area (Å²) < 4.78 is 11.2. The molecule has 21 heavy (non-hydrogen) atoms. The van der Waals surface area contributed by atoms with Crippen LogP contribution in [0.15, 0.2) is 0 Å². The van der Waals surface area contributed by atoms with Crippen molar-refractivity contribution in [2.45, 2.75) is 57.9 Å². The van der Waals surface area contributed by atoms with E-state index in [1.54, 1.807) is 0 Å². The largest absolute Gasteiger partial charge is 0.353 e. The molecule has 2 heterocycles. The van der Waals surface area contributed by atoms with Gasteiger partial charge in [-0.1, -0.05) is 0 Å². The fourth-order valence-electron chi connectivity index (χ4n) is 3.47. The van der Waals surface area contributed by atoms with Gasteiger partial charge < -0.3 is 20.1 Å². The lowest BCUT2D eigenvalue weighted by molar-refractivity contribution is -0.141. The highest BCUT2D eigenvalue weighted by molar-refractivity contribution is 4.86. The van der Waals surface area contributed by atoms with E-state index in [1.807, 2.05) is 13.8 Å². The standard InChI is InChI=1S/C16H33N3O2/c1-3-20-16(21-4-2)8-10-18-9-7-15(13-18)19-11-5-14(17)6-12-19/h14-16H,3-13,17H2,1-2H3. The van der Waals surface area contributed by atoms with Crippen LogP contribution in [0.2, 0.25) is 0 Å². The summed E-state index contributed by atoms with van der Waals surface area (Å²) in [5.41, 5.74) is 6.00. The Hall–Kier alpha value is -0.200. The number of hydrogen-bond acceptors (Lipinski definition) is 5. The molecule has 1 unspecified atom stereocenters. The summed E-state index contributed by atoms with van der Waals surface area (Å²) in [7, 11) is 0. The van der Waals surface area contributed by atoms with E-state index in [9.17, 15) is 0 Å². The van der Waals surface area contributed by atoms with Crippen LogP contribution in [0, 0.1) is 0 Å². The molecule has 5 heteroatoms. The third-order valence-corrected chi connectivity index (χ3v) is 4.72. The molecule has 0 radical (unpaired) electrons. The van der Waals surface area contributed by atoms with E-state index < -0.39 is 0 Å². The minimum atomic E-state index is -0.0352. The number of nitrogens with two attached hydrogens (primary N) is 1. The quantitative estimate of drug-likeness (QED) is 0.684. The Morgan fingerprint density at radius 2 is 1.71 bits per heavy atom. The summed E-state index contributed by atoms with van der Waals surface area (Å²) in [4.78, 5) is 5.20. The second kappa shape index (κ2) is 9.06. The fraction of sp³-hybridized carbons (Fsp3) is 1.00. The number of likely N-dealkylation sites (tertiary alicyclic amines) is 2. The monoisotopic (exact) mass is 299 g/mol. The fourth-order valence-corrected chi connectivity index (χ4v) is 3.47. The maximum Gasteiger partial charge on any atom is 0.158 e. The lowest BCUT2D eigenvalue weighted by Crippen LogP contribution is -2.46. The van der Waals surface area contributed by atoms with Gasteiger partial charge in [0, 0.05) is 44.8 Å². The number of piperidine rings is 1. The molecule has 0 aliphatic carbocycles. The highest BCUT2D eigenvalue weighted by atomic mass is 16.7. The average Bonchev–Trinajstić information content (AvgIpc) is 2.95. The number of nitrogens with zero attached hydrogens (tertiary/aromatic N) is 2. The number of rotatable bonds is 8. The van der Waals surface area contributed by atoms with E-state index in [0.29, 0.717) is 6.04 Å². The van der Waals surface area contributed by atoms with Gasteiger partial charge in [0.15, 0.2) is 6.29 Å². The van der Waals surface area contributed by atoms with Crippen molar-refractivity contribution in [1.82, 2.24) is 9.80 Å². The molecule has 0 aromatic carbocycles. The summed E-state index contributed by atoms with van der Waals surface area (Å²) in [6.07, 6.45) is 4.55. The Morgan fingerprint density at radius 1 is 1.05 bits per heavy atom. The molecular formula is C16H33N3O2. The Kier molecular flexibility index (Phi) is 7.40. The average molecular weight is 299 g/mol. The van der Waals surface area contributed by atoms with Crippen LogP contribution in [0.1, 0.15) is 39.5 Å². The molecule has 0 aromatic heterocycles. The molecule has 0 saturated carbocycles. The molecule has 2 saturated heterocycles. The first kappa shape index (κ1) is 17.2. The van der Waals surface area contributed by atoms with Crippen LogP contribution in [0.4, 0.5) is 0 Å². The highest BCUT2D eigenvalue weighted by Crippen LogP contribution is 2.20. The molecule has 2 aliphatic heterocycles. The molecule has 0 aromatic rings. The lowest BCUT2D eigenvalue weighted by Gasteiger charge is -2.34. The van der Waals surface area contributed by atoms with Crippen LogP contribution in [0.3, 0.4) is 0 Å². The molecular weight excluding hydrogens is 266 g/mol. The second-order valence-corrected chi connectivity index (χ2v) is 6.25. The maximum atomic E-state index is 6.00. The maximum absolute atomic E-state index is 6.00. The summed E-state index contributed by atoms with van der Waals surface area (Å²) in [6, 6.07) is 1.16. The predicted molar refractivity (Wildman–Crippen MR) is 85.3 cm³/mol. The van der Waals surface area contributed by atoms with Crippen LogP contribution in [-0.4, -0.2) is 74.1 Å². The first-order chi connectivity index (χ1) is 10.2. The van der Waals surface area contributed by atoms with E-state index in [1.165, 1.54) is 32.6 Å². The smallest absolute Gasteiger partial charge is 0.158 e. The minimum absolute atomic E-state index is 0.0352. The van der Waals surface area contributed by atoms with Crippen LogP contribution in [-0.2, 0) is 9.47 Å². The predicted octanol–water partition coefficient (Wildman–Crippen LogP) is 1.27.